The Balaban J connectivity index is 1.73. The molecule has 2 N–H and O–H groups in total. The highest BCUT2D eigenvalue weighted by Crippen LogP contribution is 2.29. The molecule has 0 aliphatic rings. The molecule has 10 nitrogen and oxygen atoms in total. The molecule has 196 valence electrons. The van der Waals surface area contributed by atoms with Gasteiger partial charge in [0.05, 0.1) is 37.5 Å². The van der Waals surface area contributed by atoms with Gasteiger partial charge in [0, 0.05) is 24.2 Å². The molecule has 14 heteroatoms. The van der Waals surface area contributed by atoms with Crippen LogP contribution in [0.5, 0.6) is 0 Å². The molecule has 0 fully saturated rings. The molecule has 2 aromatic carbocycles. The molecule has 1 atom stereocenters. The summed E-state index contributed by atoms with van der Waals surface area (Å²) < 4.78 is 1.82. The number of nitrogens with one attached hydrogen (secondary N) is 2. The van der Waals surface area contributed by atoms with Crippen LogP contribution in [-0.2, 0) is 11.3 Å². The topological polar surface area (TPSA) is 132 Å². The van der Waals surface area contributed by atoms with E-state index in [1.807, 2.05) is 25.3 Å². The maximum absolute atomic E-state index is 12.9. The molecule has 0 aliphatic carbocycles. The number of hydrogen-bond acceptors (Lipinski definition) is 7. The monoisotopic (exact) mass is 584 g/mol. The molecule has 2 amide bonds. The number of nitro groups is 1. The molecule has 0 saturated heterocycles. The molecule has 0 bridgehead atoms. The number of nitro benzene ring substituents is 1. The average Bonchev–Trinajstić information content (AvgIpc) is 3.26. The number of halogens is 3. The van der Waals surface area contributed by atoms with Crippen LogP contribution in [-0.4, -0.2) is 37.3 Å². The van der Waals surface area contributed by atoms with E-state index >= 15 is 0 Å². The minimum atomic E-state index is -0.572. The summed E-state index contributed by atoms with van der Waals surface area (Å²) in [6.07, 6.45) is 0. The van der Waals surface area contributed by atoms with Crippen LogP contribution in [0.25, 0.3) is 0 Å². The third-order valence-corrected chi connectivity index (χ3v) is 7.28. The Labute approximate surface area is 232 Å². The summed E-state index contributed by atoms with van der Waals surface area (Å²) in [6, 6.07) is 7.96. The number of non-ortho nitro benzene ring substituents is 1. The average molecular weight is 586 g/mol. The summed E-state index contributed by atoms with van der Waals surface area (Å²) in [7, 11) is 0. The first-order valence-electron chi connectivity index (χ1n) is 11.1. The molecule has 0 spiro atoms. The Bertz CT molecular complexity index is 1330. The minimum Gasteiger partial charge on any atom is -0.342 e. The van der Waals surface area contributed by atoms with E-state index in [1.165, 1.54) is 24.3 Å². The van der Waals surface area contributed by atoms with Crippen LogP contribution < -0.4 is 10.6 Å². The van der Waals surface area contributed by atoms with Crippen molar-refractivity contribution in [3.05, 3.63) is 73.0 Å². The molecular weight excluding hydrogens is 563 g/mol. The zero-order valence-electron chi connectivity index (χ0n) is 20.0. The summed E-state index contributed by atoms with van der Waals surface area (Å²) in [6.45, 7) is 6.28. The van der Waals surface area contributed by atoms with Crippen LogP contribution in [0.4, 0.5) is 11.4 Å². The van der Waals surface area contributed by atoms with Crippen LogP contribution in [0.2, 0.25) is 15.1 Å². The summed E-state index contributed by atoms with van der Waals surface area (Å²) in [5.74, 6) is -0.300. The van der Waals surface area contributed by atoms with Gasteiger partial charge in [0.25, 0.3) is 11.6 Å². The van der Waals surface area contributed by atoms with Gasteiger partial charge in [0.2, 0.25) is 5.91 Å². The fourth-order valence-electron chi connectivity index (χ4n) is 3.36. The van der Waals surface area contributed by atoms with E-state index in [2.05, 4.69) is 20.8 Å². The first-order valence-corrected chi connectivity index (χ1v) is 13.2. The zero-order chi connectivity index (χ0) is 27.3. The lowest BCUT2D eigenvalue weighted by Crippen LogP contribution is -2.33. The van der Waals surface area contributed by atoms with Crippen LogP contribution in [0, 0.1) is 16.0 Å². The van der Waals surface area contributed by atoms with E-state index in [9.17, 15) is 19.7 Å². The predicted molar refractivity (Wildman–Crippen MR) is 145 cm³/mol. The molecule has 37 heavy (non-hydrogen) atoms. The van der Waals surface area contributed by atoms with Gasteiger partial charge in [-0.3, -0.25) is 19.7 Å². The van der Waals surface area contributed by atoms with Gasteiger partial charge in [-0.2, -0.15) is 0 Å². The van der Waals surface area contributed by atoms with Gasteiger partial charge < -0.3 is 15.2 Å². The van der Waals surface area contributed by atoms with Gasteiger partial charge in [0.1, 0.15) is 0 Å². The number of carbonyl (C=O) groups is 2. The SMILES string of the molecule is CCn1c(SCC(=O)Nc2cc([N+](=O)[O-])ccc2Cl)nnc1[C@H](NC(=O)c1ccc(Cl)c(Cl)c1)C(C)C. The third-order valence-electron chi connectivity index (χ3n) is 5.24. The van der Waals surface area contributed by atoms with Crippen molar-refractivity contribution in [3.63, 3.8) is 0 Å². The first-order chi connectivity index (χ1) is 17.5. The Morgan fingerprint density at radius 3 is 2.41 bits per heavy atom. The molecule has 1 aromatic heterocycles. The summed E-state index contributed by atoms with van der Waals surface area (Å²) >= 11 is 19.2. The van der Waals surface area contributed by atoms with E-state index in [1.54, 1.807) is 12.1 Å². The number of benzene rings is 2. The fraction of sp³-hybridized carbons (Fsp3) is 0.304. The normalized spacial score (nSPS) is 11.9. The number of anilines is 1. The van der Waals surface area contributed by atoms with E-state index in [-0.39, 0.29) is 39.0 Å². The van der Waals surface area contributed by atoms with Crippen LogP contribution in [0.3, 0.4) is 0 Å². The number of aromatic nitrogens is 3. The highest BCUT2D eigenvalue weighted by molar-refractivity contribution is 7.99. The number of hydrogen-bond donors (Lipinski definition) is 2. The van der Waals surface area contributed by atoms with Gasteiger partial charge in [-0.1, -0.05) is 60.4 Å². The highest BCUT2D eigenvalue weighted by atomic mass is 35.5. The number of carbonyl (C=O) groups excluding carboxylic acids is 2. The Kier molecular flexibility index (Phi) is 9.77. The van der Waals surface area contributed by atoms with Crippen LogP contribution >= 0.6 is 46.6 Å². The second-order valence-corrected chi connectivity index (χ2v) is 10.3. The van der Waals surface area contributed by atoms with E-state index in [0.29, 0.717) is 28.1 Å². The molecule has 3 aromatic rings. The number of rotatable bonds is 10. The standard InChI is InChI=1S/C23H23Cl3N6O4S/c1-4-31-21(20(12(2)3)28-22(34)13-5-7-15(24)17(26)9-13)29-30-23(31)37-11-19(33)27-18-10-14(32(35)36)6-8-16(18)25/h5-10,12,20H,4,11H2,1-3H3,(H,27,33)(H,28,34)/t20-/m1/s1. The lowest BCUT2D eigenvalue weighted by molar-refractivity contribution is -0.384. The molecule has 1 heterocycles. The summed E-state index contributed by atoms with van der Waals surface area (Å²) in [4.78, 5) is 35.9. The third kappa shape index (κ3) is 7.13. The van der Waals surface area contributed by atoms with E-state index in [0.717, 1.165) is 11.8 Å². The molecule has 0 unspecified atom stereocenters. The zero-order valence-corrected chi connectivity index (χ0v) is 23.1. The molecule has 0 saturated carbocycles. The predicted octanol–water partition coefficient (Wildman–Crippen LogP) is 6.02. The lowest BCUT2D eigenvalue weighted by atomic mass is 10.0. The number of nitrogens with zero attached hydrogens (tertiary/aromatic N) is 4. The quantitative estimate of drug-likeness (QED) is 0.169. The Morgan fingerprint density at radius 2 is 1.78 bits per heavy atom. The van der Waals surface area contributed by atoms with Crippen molar-refractivity contribution in [1.29, 1.82) is 0 Å². The Hall–Kier alpha value is -2.86. The van der Waals surface area contributed by atoms with Gasteiger partial charge >= 0.3 is 0 Å². The highest BCUT2D eigenvalue weighted by Gasteiger charge is 2.26. The van der Waals surface area contributed by atoms with Gasteiger partial charge in [-0.15, -0.1) is 10.2 Å². The number of thioether (sulfide) groups is 1. The van der Waals surface area contributed by atoms with Crippen molar-refractivity contribution in [2.24, 2.45) is 5.92 Å². The molecule has 3 rings (SSSR count). The van der Waals surface area contributed by atoms with E-state index in [4.69, 9.17) is 34.8 Å². The first kappa shape index (κ1) is 28.7. The lowest BCUT2D eigenvalue weighted by Gasteiger charge is -2.22. The maximum atomic E-state index is 12.9. The number of amides is 2. The van der Waals surface area contributed by atoms with Crippen molar-refractivity contribution in [2.75, 3.05) is 11.1 Å². The van der Waals surface area contributed by atoms with Gasteiger partial charge in [0.15, 0.2) is 11.0 Å². The van der Waals surface area contributed by atoms with Gasteiger partial charge in [-0.25, -0.2) is 0 Å². The Morgan fingerprint density at radius 1 is 1.08 bits per heavy atom. The van der Waals surface area contributed by atoms with Gasteiger partial charge in [-0.05, 0) is 37.1 Å². The molecule has 0 aliphatic heterocycles. The molecule has 0 radical (unpaired) electrons. The summed E-state index contributed by atoms with van der Waals surface area (Å²) in [5.41, 5.74) is 0.308. The van der Waals surface area contributed by atoms with Crippen molar-refractivity contribution in [3.8, 4) is 0 Å². The second-order valence-electron chi connectivity index (χ2n) is 8.17. The summed E-state index contributed by atoms with van der Waals surface area (Å²) in [5, 5.41) is 26.4. The van der Waals surface area contributed by atoms with Crippen molar-refractivity contribution >= 4 is 69.8 Å². The van der Waals surface area contributed by atoms with Crippen molar-refractivity contribution in [1.82, 2.24) is 20.1 Å². The van der Waals surface area contributed by atoms with Crippen LogP contribution in [0.1, 0.15) is 43.0 Å². The van der Waals surface area contributed by atoms with Crippen LogP contribution in [0.15, 0.2) is 41.6 Å². The fourth-order valence-corrected chi connectivity index (χ4v) is 4.64. The molecular formula is C23H23Cl3N6O4S. The van der Waals surface area contributed by atoms with E-state index < -0.39 is 16.9 Å². The largest absolute Gasteiger partial charge is 0.342 e. The second kappa shape index (κ2) is 12.6. The maximum Gasteiger partial charge on any atom is 0.271 e. The van der Waals surface area contributed by atoms with Crippen molar-refractivity contribution in [2.45, 2.75) is 38.5 Å². The van der Waals surface area contributed by atoms with Crippen molar-refractivity contribution < 1.29 is 14.5 Å². The minimum absolute atomic E-state index is 0.0293. The smallest absolute Gasteiger partial charge is 0.271 e.